The molecule has 94 valence electrons. The van der Waals surface area contributed by atoms with Crippen molar-refractivity contribution < 1.29 is 19.8 Å². The third-order valence-corrected chi connectivity index (χ3v) is 3.89. The summed E-state index contributed by atoms with van der Waals surface area (Å²) in [5.74, 6) is -2.40. The van der Waals surface area contributed by atoms with Gasteiger partial charge in [-0.2, -0.15) is 0 Å². The second kappa shape index (κ2) is 6.20. The fraction of sp³-hybridized carbons (Fsp3) is 0.333. The molecule has 1 aromatic rings. The molecule has 5 nitrogen and oxygen atoms in total. The lowest BCUT2D eigenvalue weighted by Gasteiger charge is -2.11. The molecule has 8 heteroatoms. The highest BCUT2D eigenvalue weighted by molar-refractivity contribution is 7.15. The minimum atomic E-state index is -1.22. The van der Waals surface area contributed by atoms with Crippen LogP contribution in [-0.4, -0.2) is 28.2 Å². The predicted octanol–water partition coefficient (Wildman–Crippen LogP) is 2.07. The second-order valence-corrected chi connectivity index (χ2v) is 5.08. The van der Waals surface area contributed by atoms with Gasteiger partial charge in [0, 0.05) is 6.54 Å². The number of thiophene rings is 1. The van der Waals surface area contributed by atoms with Crippen molar-refractivity contribution in [3.63, 3.8) is 0 Å². The minimum absolute atomic E-state index is 0.159. The van der Waals surface area contributed by atoms with Gasteiger partial charge in [-0.25, -0.2) is 0 Å². The Morgan fingerprint density at radius 3 is 2.47 bits per heavy atom. The first-order valence-corrected chi connectivity index (χ1v) is 6.14. The van der Waals surface area contributed by atoms with Gasteiger partial charge in [-0.3, -0.25) is 14.9 Å². The van der Waals surface area contributed by atoms with E-state index in [0.29, 0.717) is 14.9 Å². The molecule has 0 amide bonds. The quantitative estimate of drug-likeness (QED) is 0.748. The zero-order valence-electron chi connectivity index (χ0n) is 8.44. The molecule has 0 aromatic carbocycles. The number of rotatable bonds is 6. The normalized spacial score (nSPS) is 12.4. The van der Waals surface area contributed by atoms with Gasteiger partial charge in [0.1, 0.15) is 10.4 Å². The molecule has 1 heterocycles. The molecule has 0 fully saturated rings. The van der Waals surface area contributed by atoms with E-state index in [1.807, 2.05) is 0 Å². The van der Waals surface area contributed by atoms with E-state index >= 15 is 0 Å². The molecule has 17 heavy (non-hydrogen) atoms. The van der Waals surface area contributed by atoms with Gasteiger partial charge >= 0.3 is 11.9 Å². The Hall–Kier alpha value is -0.820. The first-order valence-electron chi connectivity index (χ1n) is 4.51. The maximum Gasteiger partial charge on any atom is 0.321 e. The van der Waals surface area contributed by atoms with Crippen LogP contribution in [0.5, 0.6) is 0 Å². The van der Waals surface area contributed by atoms with Gasteiger partial charge in [0.2, 0.25) is 0 Å². The van der Waals surface area contributed by atoms with Crippen molar-refractivity contribution in [2.75, 3.05) is 0 Å². The molecule has 0 bridgehead atoms. The molecule has 0 radical (unpaired) electrons. The maximum absolute atomic E-state index is 10.8. The molecule has 0 unspecified atom stereocenters. The van der Waals surface area contributed by atoms with Crippen molar-refractivity contribution in [3.8, 4) is 0 Å². The molecule has 0 saturated heterocycles. The molecule has 0 aliphatic carbocycles. The Balaban J connectivity index is 2.61. The monoisotopic (exact) mass is 297 g/mol. The van der Waals surface area contributed by atoms with Gasteiger partial charge < -0.3 is 10.2 Å². The molecule has 0 saturated carbocycles. The summed E-state index contributed by atoms with van der Waals surface area (Å²) in [4.78, 5) is 21.2. The summed E-state index contributed by atoms with van der Waals surface area (Å²) in [7, 11) is 0. The summed E-state index contributed by atoms with van der Waals surface area (Å²) in [5, 5.41) is 22.0. The molecule has 0 spiro atoms. The number of nitrogens with one attached hydrogen (secondary N) is 1. The van der Waals surface area contributed by atoms with Crippen LogP contribution in [0, 0.1) is 0 Å². The van der Waals surface area contributed by atoms with E-state index in [4.69, 9.17) is 33.4 Å². The van der Waals surface area contributed by atoms with E-state index in [2.05, 4.69) is 5.32 Å². The molecule has 0 aliphatic rings. The van der Waals surface area contributed by atoms with Gasteiger partial charge in [0.25, 0.3) is 0 Å². The van der Waals surface area contributed by atoms with E-state index in [0.717, 1.165) is 0 Å². The van der Waals surface area contributed by atoms with Gasteiger partial charge in [-0.05, 0) is 10.9 Å². The predicted molar refractivity (Wildman–Crippen MR) is 64.9 cm³/mol. The second-order valence-electron chi connectivity index (χ2n) is 3.22. The fourth-order valence-electron chi connectivity index (χ4n) is 1.13. The summed E-state index contributed by atoms with van der Waals surface area (Å²) >= 11 is 12.8. The summed E-state index contributed by atoms with van der Waals surface area (Å²) in [6.45, 7) is 0.159. The van der Waals surface area contributed by atoms with Crippen molar-refractivity contribution in [1.29, 1.82) is 0 Å². The minimum Gasteiger partial charge on any atom is -0.481 e. The average Bonchev–Trinajstić information content (AvgIpc) is 2.54. The number of carboxylic acids is 2. The third kappa shape index (κ3) is 4.16. The third-order valence-electron chi connectivity index (χ3n) is 1.97. The van der Waals surface area contributed by atoms with Gasteiger partial charge in [0.15, 0.2) is 0 Å². The first kappa shape index (κ1) is 14.2. The van der Waals surface area contributed by atoms with Crippen LogP contribution < -0.4 is 5.32 Å². The maximum atomic E-state index is 10.8. The summed E-state index contributed by atoms with van der Waals surface area (Å²) in [5.41, 5.74) is 0.651. The van der Waals surface area contributed by atoms with Crippen LogP contribution in [0.2, 0.25) is 9.36 Å². The molecular weight excluding hydrogens is 289 g/mol. The lowest BCUT2D eigenvalue weighted by Crippen LogP contribution is -2.38. The van der Waals surface area contributed by atoms with Crippen molar-refractivity contribution >= 4 is 46.5 Å². The van der Waals surface area contributed by atoms with Crippen LogP contribution in [0.25, 0.3) is 0 Å². The number of halogens is 2. The largest absolute Gasteiger partial charge is 0.481 e. The highest BCUT2D eigenvalue weighted by atomic mass is 35.5. The number of carbonyl (C=O) groups is 2. The molecule has 1 atom stereocenters. The van der Waals surface area contributed by atoms with E-state index < -0.39 is 24.4 Å². The smallest absolute Gasteiger partial charge is 0.321 e. The Kier molecular flexibility index (Phi) is 5.20. The molecular formula is C9H9Cl2NO4S. The van der Waals surface area contributed by atoms with Crippen LogP contribution >= 0.6 is 34.5 Å². The highest BCUT2D eigenvalue weighted by Crippen LogP contribution is 2.32. The highest BCUT2D eigenvalue weighted by Gasteiger charge is 2.21. The van der Waals surface area contributed by atoms with E-state index in [9.17, 15) is 9.59 Å². The van der Waals surface area contributed by atoms with E-state index in [1.54, 1.807) is 5.38 Å². The van der Waals surface area contributed by atoms with Gasteiger partial charge in [-0.1, -0.05) is 23.2 Å². The molecule has 0 aliphatic heterocycles. The fourth-order valence-corrected chi connectivity index (χ4v) is 2.38. The van der Waals surface area contributed by atoms with Crippen LogP contribution in [0.1, 0.15) is 12.0 Å². The number of hydrogen-bond donors (Lipinski definition) is 3. The van der Waals surface area contributed by atoms with E-state index in [-0.39, 0.29) is 6.54 Å². The average molecular weight is 298 g/mol. The number of carboxylic acid groups (broad SMARTS) is 2. The van der Waals surface area contributed by atoms with Crippen molar-refractivity contribution in [2.45, 2.75) is 19.0 Å². The number of aliphatic carboxylic acids is 2. The topological polar surface area (TPSA) is 86.6 Å². The summed E-state index contributed by atoms with van der Waals surface area (Å²) in [6, 6.07) is -1.15. The molecule has 3 N–H and O–H groups in total. The Bertz CT molecular complexity index is 435. The van der Waals surface area contributed by atoms with Crippen LogP contribution in [0.4, 0.5) is 0 Å². The number of hydrogen-bond acceptors (Lipinski definition) is 4. The van der Waals surface area contributed by atoms with Crippen molar-refractivity contribution in [2.24, 2.45) is 0 Å². The van der Waals surface area contributed by atoms with Gasteiger partial charge in [0.05, 0.1) is 11.4 Å². The van der Waals surface area contributed by atoms with E-state index in [1.165, 1.54) is 11.3 Å². The van der Waals surface area contributed by atoms with Crippen LogP contribution in [0.15, 0.2) is 5.38 Å². The SMILES string of the molecule is O=C(O)C[C@@H](NCc1csc(Cl)c1Cl)C(=O)O. The first-order chi connectivity index (χ1) is 7.91. The molecule has 1 aromatic heterocycles. The van der Waals surface area contributed by atoms with Crippen molar-refractivity contribution in [3.05, 3.63) is 20.3 Å². The lowest BCUT2D eigenvalue weighted by atomic mass is 10.2. The lowest BCUT2D eigenvalue weighted by molar-refractivity contribution is -0.146. The molecule has 1 rings (SSSR count). The Labute approximate surface area is 111 Å². The van der Waals surface area contributed by atoms with Gasteiger partial charge in [-0.15, -0.1) is 11.3 Å². The summed E-state index contributed by atoms with van der Waals surface area (Å²) in [6.07, 6.45) is -0.495. The Morgan fingerprint density at radius 2 is 2.06 bits per heavy atom. The zero-order valence-corrected chi connectivity index (χ0v) is 10.8. The van der Waals surface area contributed by atoms with Crippen LogP contribution in [0.3, 0.4) is 0 Å². The summed E-state index contributed by atoms with van der Waals surface area (Å²) < 4.78 is 0.425. The standard InChI is InChI=1S/C9H9Cl2NO4S/c10-7-4(3-17-8(7)11)2-12-5(9(15)16)1-6(13)14/h3,5,12H,1-2H2,(H,13,14)(H,15,16)/t5-/m1/s1. The van der Waals surface area contributed by atoms with Crippen LogP contribution in [-0.2, 0) is 16.1 Å². The zero-order chi connectivity index (χ0) is 13.0. The Morgan fingerprint density at radius 1 is 1.41 bits per heavy atom. The van der Waals surface area contributed by atoms with Crippen molar-refractivity contribution in [1.82, 2.24) is 5.32 Å².